The zero-order valence-electron chi connectivity index (χ0n) is 15.6. The maximum absolute atomic E-state index is 12.8. The van der Waals surface area contributed by atoms with Crippen molar-refractivity contribution in [3.8, 4) is 23.0 Å². The number of hydrogen-bond donors (Lipinski definition) is 2. The number of rotatable bonds is 7. The van der Waals surface area contributed by atoms with E-state index in [2.05, 4.69) is 9.46 Å². The summed E-state index contributed by atoms with van der Waals surface area (Å²) in [6, 6.07) is 5.58. The van der Waals surface area contributed by atoms with Crippen molar-refractivity contribution in [3.05, 3.63) is 35.9 Å². The van der Waals surface area contributed by atoms with Gasteiger partial charge in [0, 0.05) is 24.6 Å². The van der Waals surface area contributed by atoms with Gasteiger partial charge in [0.2, 0.25) is 0 Å². The molecular weight excluding hydrogens is 428 g/mol. The number of sulfonamides is 1. The summed E-state index contributed by atoms with van der Waals surface area (Å²) in [5, 5.41) is 9.40. The van der Waals surface area contributed by atoms with Crippen molar-refractivity contribution >= 4 is 21.7 Å². The van der Waals surface area contributed by atoms with Gasteiger partial charge < -0.3 is 24.1 Å². The Morgan fingerprint density at radius 3 is 2.47 bits per heavy atom. The molecule has 12 heteroatoms. The molecule has 30 heavy (non-hydrogen) atoms. The first-order valence-electron chi connectivity index (χ1n) is 8.54. The third-order valence-electron chi connectivity index (χ3n) is 4.02. The molecule has 0 saturated heterocycles. The van der Waals surface area contributed by atoms with Crippen LogP contribution in [-0.2, 0) is 10.0 Å². The van der Waals surface area contributed by atoms with Crippen molar-refractivity contribution in [2.45, 2.75) is 17.9 Å². The van der Waals surface area contributed by atoms with Gasteiger partial charge in [-0.15, -0.1) is 0 Å². The standard InChI is InChI=1S/C18H17F2NO8S/c1-26-14-8-11(17(22)23)12(9-16(14)29-18(19)20)21-30(24,25)10-3-4-13-15(7-10)28-6-2-5-27-13/h3-4,7-9,18,21H,2,5-6H2,1H3,(H,22,23). The molecule has 0 amide bonds. The van der Waals surface area contributed by atoms with Gasteiger partial charge in [0.05, 0.1) is 36.5 Å². The number of nitrogens with one attached hydrogen (secondary N) is 1. The number of hydrogen-bond acceptors (Lipinski definition) is 7. The van der Waals surface area contributed by atoms with Gasteiger partial charge in [-0.2, -0.15) is 8.78 Å². The van der Waals surface area contributed by atoms with Gasteiger partial charge in [-0.1, -0.05) is 0 Å². The Kier molecular flexibility index (Phi) is 6.15. The summed E-state index contributed by atoms with van der Waals surface area (Å²) in [4.78, 5) is 11.3. The highest BCUT2D eigenvalue weighted by Crippen LogP contribution is 2.37. The van der Waals surface area contributed by atoms with E-state index in [-0.39, 0.29) is 16.4 Å². The lowest BCUT2D eigenvalue weighted by atomic mass is 10.1. The van der Waals surface area contributed by atoms with Gasteiger partial charge in [0.1, 0.15) is 0 Å². The van der Waals surface area contributed by atoms with Crippen LogP contribution in [0, 0.1) is 0 Å². The molecule has 0 radical (unpaired) electrons. The Morgan fingerprint density at radius 2 is 1.83 bits per heavy atom. The summed E-state index contributed by atoms with van der Waals surface area (Å²) in [6.07, 6.45) is 0.621. The molecule has 1 aliphatic rings. The number of carboxylic acids is 1. The second kappa shape index (κ2) is 8.61. The highest BCUT2D eigenvalue weighted by atomic mass is 32.2. The molecule has 0 spiro atoms. The van der Waals surface area contributed by atoms with E-state index >= 15 is 0 Å². The smallest absolute Gasteiger partial charge is 0.387 e. The van der Waals surface area contributed by atoms with Crippen molar-refractivity contribution in [2.75, 3.05) is 25.0 Å². The fourth-order valence-corrected chi connectivity index (χ4v) is 3.77. The number of aromatic carboxylic acids is 1. The molecule has 2 aromatic rings. The van der Waals surface area contributed by atoms with Gasteiger partial charge in [-0.3, -0.25) is 4.72 Å². The maximum Gasteiger partial charge on any atom is 0.387 e. The highest BCUT2D eigenvalue weighted by Gasteiger charge is 2.24. The number of benzene rings is 2. The van der Waals surface area contributed by atoms with Crippen molar-refractivity contribution in [1.29, 1.82) is 0 Å². The number of fused-ring (bicyclic) bond motifs is 1. The van der Waals surface area contributed by atoms with Crippen molar-refractivity contribution in [3.63, 3.8) is 0 Å². The maximum atomic E-state index is 12.8. The van der Waals surface area contributed by atoms with Crippen LogP contribution in [0.1, 0.15) is 16.8 Å². The van der Waals surface area contributed by atoms with E-state index in [1.54, 1.807) is 0 Å². The number of carbonyl (C=O) groups is 1. The topological polar surface area (TPSA) is 120 Å². The average molecular weight is 445 g/mol. The Morgan fingerprint density at radius 1 is 1.13 bits per heavy atom. The SMILES string of the molecule is COc1cc(C(=O)O)c(NS(=O)(=O)c2ccc3c(c2)OCCCO3)cc1OC(F)F. The normalized spacial score (nSPS) is 13.5. The number of methoxy groups -OCH3 is 1. The van der Waals surface area contributed by atoms with E-state index < -0.39 is 39.6 Å². The molecule has 1 heterocycles. The van der Waals surface area contributed by atoms with Gasteiger partial charge in [0.15, 0.2) is 23.0 Å². The predicted octanol–water partition coefficient (Wildman–Crippen LogP) is 2.96. The van der Waals surface area contributed by atoms with Crippen LogP contribution in [0.25, 0.3) is 0 Å². The van der Waals surface area contributed by atoms with Crippen LogP contribution < -0.4 is 23.7 Å². The van der Waals surface area contributed by atoms with E-state index in [0.29, 0.717) is 25.4 Å². The summed E-state index contributed by atoms with van der Waals surface area (Å²) >= 11 is 0. The van der Waals surface area contributed by atoms with Crippen LogP contribution in [0.5, 0.6) is 23.0 Å². The fourth-order valence-electron chi connectivity index (χ4n) is 2.68. The lowest BCUT2D eigenvalue weighted by molar-refractivity contribution is -0.0511. The second-order valence-corrected chi connectivity index (χ2v) is 7.68. The van der Waals surface area contributed by atoms with E-state index in [9.17, 15) is 27.1 Å². The highest BCUT2D eigenvalue weighted by molar-refractivity contribution is 7.92. The van der Waals surface area contributed by atoms with Crippen LogP contribution in [0.2, 0.25) is 0 Å². The molecule has 3 rings (SSSR count). The third kappa shape index (κ3) is 4.64. The predicted molar refractivity (Wildman–Crippen MR) is 99.4 cm³/mol. The van der Waals surface area contributed by atoms with Crippen LogP contribution in [-0.4, -0.2) is 46.4 Å². The molecule has 2 aromatic carbocycles. The summed E-state index contributed by atoms with van der Waals surface area (Å²) in [6.45, 7) is -2.49. The summed E-state index contributed by atoms with van der Waals surface area (Å²) in [5.74, 6) is -1.76. The van der Waals surface area contributed by atoms with E-state index in [0.717, 1.165) is 19.2 Å². The molecule has 2 N–H and O–H groups in total. The molecule has 0 fully saturated rings. The van der Waals surface area contributed by atoms with Gasteiger partial charge in [0.25, 0.3) is 10.0 Å². The minimum Gasteiger partial charge on any atom is -0.493 e. The largest absolute Gasteiger partial charge is 0.493 e. The monoisotopic (exact) mass is 445 g/mol. The third-order valence-corrected chi connectivity index (χ3v) is 5.39. The number of anilines is 1. The number of carboxylic acid groups (broad SMARTS) is 1. The Labute approximate surface area is 170 Å². The minimum atomic E-state index is -4.31. The van der Waals surface area contributed by atoms with E-state index in [4.69, 9.17) is 14.2 Å². The molecule has 0 bridgehead atoms. The molecule has 162 valence electrons. The summed E-state index contributed by atoms with van der Waals surface area (Å²) < 4.78 is 73.1. The summed E-state index contributed by atoms with van der Waals surface area (Å²) in [7, 11) is -3.19. The first kappa shape index (κ1) is 21.4. The van der Waals surface area contributed by atoms with Crippen molar-refractivity contribution < 1.29 is 46.0 Å². The summed E-state index contributed by atoms with van der Waals surface area (Å²) in [5.41, 5.74) is -1.00. The number of alkyl halides is 2. The molecule has 0 aromatic heterocycles. The molecule has 0 aliphatic carbocycles. The van der Waals surface area contributed by atoms with Crippen LogP contribution >= 0.6 is 0 Å². The van der Waals surface area contributed by atoms with Gasteiger partial charge in [-0.05, 0) is 12.1 Å². The fraction of sp³-hybridized carbons (Fsp3) is 0.278. The molecule has 0 unspecified atom stereocenters. The van der Waals surface area contributed by atoms with E-state index in [1.807, 2.05) is 0 Å². The minimum absolute atomic E-state index is 0.213. The van der Waals surface area contributed by atoms with Crippen molar-refractivity contribution in [2.24, 2.45) is 0 Å². The second-order valence-electron chi connectivity index (χ2n) is 6.00. The van der Waals surface area contributed by atoms with Crippen molar-refractivity contribution in [1.82, 2.24) is 0 Å². The molecule has 1 aliphatic heterocycles. The zero-order valence-corrected chi connectivity index (χ0v) is 16.4. The lowest BCUT2D eigenvalue weighted by Gasteiger charge is -2.16. The molecule has 0 saturated carbocycles. The lowest BCUT2D eigenvalue weighted by Crippen LogP contribution is -2.16. The van der Waals surface area contributed by atoms with Gasteiger partial charge >= 0.3 is 12.6 Å². The molecule has 0 atom stereocenters. The number of halogens is 2. The Hall–Kier alpha value is -3.28. The first-order chi connectivity index (χ1) is 14.2. The Balaban J connectivity index is 2.01. The quantitative estimate of drug-likeness (QED) is 0.668. The van der Waals surface area contributed by atoms with Gasteiger partial charge in [-0.25, -0.2) is 13.2 Å². The molecule has 9 nitrogen and oxygen atoms in total. The Bertz CT molecular complexity index is 1060. The zero-order chi connectivity index (χ0) is 21.9. The van der Waals surface area contributed by atoms with Crippen LogP contribution in [0.3, 0.4) is 0 Å². The average Bonchev–Trinajstić information content (AvgIpc) is 2.92. The number of ether oxygens (including phenoxy) is 4. The first-order valence-corrected chi connectivity index (χ1v) is 10.0. The van der Waals surface area contributed by atoms with E-state index in [1.165, 1.54) is 18.2 Å². The van der Waals surface area contributed by atoms with Crippen LogP contribution in [0.4, 0.5) is 14.5 Å². The molecular formula is C18H17F2NO8S. The van der Waals surface area contributed by atoms with Crippen LogP contribution in [0.15, 0.2) is 35.2 Å².